The molecule has 122 valence electrons. The van der Waals surface area contributed by atoms with E-state index in [-0.39, 0.29) is 12.3 Å². The highest BCUT2D eigenvalue weighted by Gasteiger charge is 2.09. The zero-order valence-corrected chi connectivity index (χ0v) is 13.1. The number of hydrogen-bond acceptors (Lipinski definition) is 6. The highest BCUT2D eigenvalue weighted by atomic mass is 35.5. The molecule has 0 saturated heterocycles. The van der Waals surface area contributed by atoms with Crippen LogP contribution in [0.25, 0.3) is 0 Å². The van der Waals surface area contributed by atoms with E-state index in [0.29, 0.717) is 28.9 Å². The summed E-state index contributed by atoms with van der Waals surface area (Å²) < 4.78 is 10.6. The fourth-order valence-electron chi connectivity index (χ4n) is 2.06. The number of aromatic nitrogens is 2. The average molecular weight is 346 g/mol. The van der Waals surface area contributed by atoms with Gasteiger partial charge in [-0.05, 0) is 29.8 Å². The second-order valence-electron chi connectivity index (χ2n) is 4.95. The van der Waals surface area contributed by atoms with Crippen molar-refractivity contribution in [1.82, 2.24) is 10.1 Å². The summed E-state index contributed by atoms with van der Waals surface area (Å²) in [6.07, 6.45) is 0.502. The van der Waals surface area contributed by atoms with Crippen LogP contribution in [0.4, 0.5) is 5.69 Å². The van der Waals surface area contributed by atoms with Gasteiger partial charge in [0, 0.05) is 23.6 Å². The maximum atomic E-state index is 10.6. The highest BCUT2D eigenvalue weighted by Crippen LogP contribution is 2.18. The topological polar surface area (TPSA) is 91.3 Å². The third-order valence-corrected chi connectivity index (χ3v) is 3.41. The van der Waals surface area contributed by atoms with Crippen LogP contribution in [0.2, 0.25) is 5.02 Å². The standard InChI is InChI=1S/C16H12ClN3O4/c17-12-3-1-2-11(8-12)9-15-18-16(24-19-15)10-23-14-6-4-13(5-7-14)20(21)22/h1-8H,9-10H2. The van der Waals surface area contributed by atoms with E-state index < -0.39 is 4.92 Å². The summed E-state index contributed by atoms with van der Waals surface area (Å²) in [4.78, 5) is 14.4. The molecule has 0 N–H and O–H groups in total. The van der Waals surface area contributed by atoms with Crippen molar-refractivity contribution in [3.63, 3.8) is 0 Å². The summed E-state index contributed by atoms with van der Waals surface area (Å²) in [5.41, 5.74) is 0.982. The first kappa shape index (κ1) is 15.9. The van der Waals surface area contributed by atoms with E-state index in [0.717, 1.165) is 5.56 Å². The first-order valence-electron chi connectivity index (χ1n) is 7.03. The molecule has 8 heteroatoms. The molecule has 2 aromatic carbocycles. The molecule has 0 bridgehead atoms. The van der Waals surface area contributed by atoms with Crippen molar-refractivity contribution >= 4 is 17.3 Å². The van der Waals surface area contributed by atoms with Crippen molar-refractivity contribution < 1.29 is 14.2 Å². The van der Waals surface area contributed by atoms with Crippen LogP contribution in [0.5, 0.6) is 5.75 Å². The van der Waals surface area contributed by atoms with Gasteiger partial charge in [-0.25, -0.2) is 0 Å². The Morgan fingerprint density at radius 2 is 2.00 bits per heavy atom. The monoisotopic (exact) mass is 345 g/mol. The van der Waals surface area contributed by atoms with Gasteiger partial charge in [0.2, 0.25) is 0 Å². The lowest BCUT2D eigenvalue weighted by molar-refractivity contribution is -0.384. The minimum Gasteiger partial charge on any atom is -0.484 e. The lowest BCUT2D eigenvalue weighted by Crippen LogP contribution is -1.97. The second-order valence-corrected chi connectivity index (χ2v) is 5.39. The van der Waals surface area contributed by atoms with Crippen molar-refractivity contribution in [2.75, 3.05) is 0 Å². The van der Waals surface area contributed by atoms with Crippen LogP contribution in [-0.4, -0.2) is 15.1 Å². The van der Waals surface area contributed by atoms with Crippen LogP contribution < -0.4 is 4.74 Å². The summed E-state index contributed by atoms with van der Waals surface area (Å²) in [6.45, 7) is 0.0837. The first-order valence-corrected chi connectivity index (χ1v) is 7.41. The molecule has 0 aliphatic carbocycles. The lowest BCUT2D eigenvalue weighted by Gasteiger charge is -2.01. The van der Waals surface area contributed by atoms with Gasteiger partial charge in [0.1, 0.15) is 5.75 Å². The minimum absolute atomic E-state index is 0.00366. The SMILES string of the molecule is O=[N+]([O-])c1ccc(OCc2nc(Cc3cccc(Cl)c3)no2)cc1. The Morgan fingerprint density at radius 3 is 2.71 bits per heavy atom. The molecule has 3 aromatic rings. The molecule has 0 unspecified atom stereocenters. The largest absolute Gasteiger partial charge is 0.484 e. The minimum atomic E-state index is -0.468. The third-order valence-electron chi connectivity index (χ3n) is 3.17. The smallest absolute Gasteiger partial charge is 0.269 e. The van der Waals surface area contributed by atoms with Gasteiger partial charge < -0.3 is 9.26 Å². The van der Waals surface area contributed by atoms with Crippen LogP contribution in [0.1, 0.15) is 17.3 Å². The normalized spacial score (nSPS) is 10.5. The molecule has 0 saturated carbocycles. The van der Waals surface area contributed by atoms with Gasteiger partial charge in [0.25, 0.3) is 11.6 Å². The molecule has 1 heterocycles. The maximum Gasteiger partial charge on any atom is 0.269 e. The number of nitro groups is 1. The van der Waals surface area contributed by atoms with E-state index in [1.807, 2.05) is 18.2 Å². The van der Waals surface area contributed by atoms with Gasteiger partial charge in [-0.3, -0.25) is 10.1 Å². The number of non-ortho nitro benzene ring substituents is 1. The molecular formula is C16H12ClN3O4. The zero-order valence-electron chi connectivity index (χ0n) is 12.4. The Morgan fingerprint density at radius 1 is 1.21 bits per heavy atom. The summed E-state index contributed by atoms with van der Waals surface area (Å²) >= 11 is 5.94. The first-order chi connectivity index (χ1) is 11.6. The van der Waals surface area contributed by atoms with Gasteiger partial charge in [0.05, 0.1) is 4.92 Å². The van der Waals surface area contributed by atoms with Crippen LogP contribution in [-0.2, 0) is 13.0 Å². The summed E-state index contributed by atoms with van der Waals surface area (Å²) in [6, 6.07) is 13.2. The number of rotatable bonds is 6. The molecule has 0 aliphatic rings. The van der Waals surface area contributed by atoms with E-state index in [4.69, 9.17) is 20.9 Å². The summed E-state index contributed by atoms with van der Waals surface area (Å²) in [5.74, 6) is 1.33. The van der Waals surface area contributed by atoms with E-state index in [1.165, 1.54) is 24.3 Å². The number of benzene rings is 2. The predicted octanol–water partition coefficient (Wildman–Crippen LogP) is 3.80. The number of hydrogen-bond donors (Lipinski definition) is 0. The molecule has 0 aliphatic heterocycles. The summed E-state index contributed by atoms with van der Waals surface area (Å²) in [7, 11) is 0. The van der Waals surface area contributed by atoms with Crippen molar-refractivity contribution in [2.24, 2.45) is 0 Å². The zero-order chi connectivity index (χ0) is 16.9. The molecule has 0 spiro atoms. The third kappa shape index (κ3) is 4.08. The van der Waals surface area contributed by atoms with Gasteiger partial charge in [-0.15, -0.1) is 0 Å². The number of halogens is 1. The van der Waals surface area contributed by atoms with E-state index in [2.05, 4.69) is 10.1 Å². The van der Waals surface area contributed by atoms with Crippen molar-refractivity contribution in [1.29, 1.82) is 0 Å². The molecule has 0 radical (unpaired) electrons. The molecule has 0 fully saturated rings. The van der Waals surface area contributed by atoms with Crippen molar-refractivity contribution in [3.05, 3.63) is 80.9 Å². The summed E-state index contributed by atoms with van der Waals surface area (Å²) in [5, 5.41) is 15.1. The molecular weight excluding hydrogens is 334 g/mol. The quantitative estimate of drug-likeness (QED) is 0.498. The molecule has 3 rings (SSSR count). The van der Waals surface area contributed by atoms with Gasteiger partial charge in [-0.2, -0.15) is 4.98 Å². The van der Waals surface area contributed by atoms with Gasteiger partial charge in [-0.1, -0.05) is 28.9 Å². The molecule has 1 aromatic heterocycles. The van der Waals surface area contributed by atoms with E-state index in [9.17, 15) is 10.1 Å². The van der Waals surface area contributed by atoms with Gasteiger partial charge >= 0.3 is 0 Å². The Balaban J connectivity index is 1.58. The van der Waals surface area contributed by atoms with E-state index >= 15 is 0 Å². The fraction of sp³-hybridized carbons (Fsp3) is 0.125. The average Bonchev–Trinajstić information content (AvgIpc) is 3.01. The number of nitrogens with zero attached hydrogens (tertiary/aromatic N) is 3. The van der Waals surface area contributed by atoms with E-state index in [1.54, 1.807) is 6.07 Å². The Kier molecular flexibility index (Phi) is 4.72. The van der Waals surface area contributed by atoms with Crippen LogP contribution in [0.3, 0.4) is 0 Å². The molecule has 0 amide bonds. The predicted molar refractivity (Wildman–Crippen MR) is 86.0 cm³/mol. The highest BCUT2D eigenvalue weighted by molar-refractivity contribution is 6.30. The second kappa shape index (κ2) is 7.10. The fourth-order valence-corrected chi connectivity index (χ4v) is 2.27. The Labute approximate surface area is 142 Å². The van der Waals surface area contributed by atoms with Crippen molar-refractivity contribution in [3.8, 4) is 5.75 Å². The molecule has 24 heavy (non-hydrogen) atoms. The van der Waals surface area contributed by atoms with Crippen molar-refractivity contribution in [2.45, 2.75) is 13.0 Å². The van der Waals surface area contributed by atoms with Crippen LogP contribution in [0, 0.1) is 10.1 Å². The Bertz CT molecular complexity index is 849. The molecule has 0 atom stereocenters. The van der Waals surface area contributed by atoms with Crippen LogP contribution in [0.15, 0.2) is 53.1 Å². The van der Waals surface area contributed by atoms with Gasteiger partial charge in [0.15, 0.2) is 12.4 Å². The maximum absolute atomic E-state index is 10.6. The number of nitro benzene ring substituents is 1. The molecule has 7 nitrogen and oxygen atoms in total. The lowest BCUT2D eigenvalue weighted by atomic mass is 10.1. The Hall–Kier alpha value is -2.93. The number of ether oxygens (including phenoxy) is 1. The van der Waals surface area contributed by atoms with Crippen LogP contribution >= 0.6 is 11.6 Å².